The first-order chi connectivity index (χ1) is 11.3. The normalized spacial score (nSPS) is 10.3. The molecule has 6 nitrogen and oxygen atoms in total. The first-order valence-electron chi connectivity index (χ1n) is 7.22. The lowest BCUT2D eigenvalue weighted by Crippen LogP contribution is -2.21. The fraction of sp³-hybridized carbons (Fsp3) is 0.235. The highest BCUT2D eigenvalue weighted by molar-refractivity contribution is 14.1. The van der Waals surface area contributed by atoms with Gasteiger partial charge in [-0.15, -0.1) is 0 Å². The van der Waals surface area contributed by atoms with Gasteiger partial charge in [0.05, 0.1) is 4.92 Å². The molecule has 0 heterocycles. The van der Waals surface area contributed by atoms with Crippen LogP contribution < -0.4 is 10.1 Å². The smallest absolute Gasteiger partial charge is 0.311 e. The molecule has 1 amide bonds. The molecule has 2 rings (SSSR count). The maximum atomic E-state index is 12.1. The molecule has 2 aromatic carbocycles. The number of carbonyl (C=O) groups is 1. The minimum absolute atomic E-state index is 0.125. The van der Waals surface area contributed by atoms with Crippen LogP contribution in [0, 0.1) is 34.5 Å². The van der Waals surface area contributed by atoms with Gasteiger partial charge in [-0.3, -0.25) is 14.9 Å². The van der Waals surface area contributed by atoms with Gasteiger partial charge in [0.25, 0.3) is 5.91 Å². The van der Waals surface area contributed by atoms with Crippen molar-refractivity contribution >= 4 is 39.9 Å². The zero-order valence-electron chi connectivity index (χ0n) is 13.6. The van der Waals surface area contributed by atoms with E-state index in [-0.39, 0.29) is 24.0 Å². The van der Waals surface area contributed by atoms with E-state index in [1.807, 2.05) is 25.1 Å². The summed E-state index contributed by atoms with van der Waals surface area (Å²) in [7, 11) is 0. The Kier molecular flexibility index (Phi) is 5.76. The number of ether oxygens (including phenoxy) is 1. The van der Waals surface area contributed by atoms with E-state index in [0.29, 0.717) is 11.3 Å². The molecule has 0 unspecified atom stereocenters. The van der Waals surface area contributed by atoms with Crippen LogP contribution in [-0.2, 0) is 4.79 Å². The molecule has 1 N–H and O–H groups in total. The first-order valence-corrected chi connectivity index (χ1v) is 8.30. The average Bonchev–Trinajstić information content (AvgIpc) is 2.48. The van der Waals surface area contributed by atoms with Gasteiger partial charge >= 0.3 is 5.69 Å². The van der Waals surface area contributed by atoms with Gasteiger partial charge in [-0.05, 0) is 78.3 Å². The molecular formula is C17H17IN2O4. The first kappa shape index (κ1) is 18.2. The number of aryl methyl sites for hydroxylation is 3. The van der Waals surface area contributed by atoms with Crippen LogP contribution in [0.25, 0.3) is 0 Å². The van der Waals surface area contributed by atoms with E-state index in [1.54, 1.807) is 19.9 Å². The van der Waals surface area contributed by atoms with E-state index >= 15 is 0 Å². The molecule has 0 fully saturated rings. The van der Waals surface area contributed by atoms with Crippen LogP contribution in [0.5, 0.6) is 5.75 Å². The number of halogens is 1. The molecule has 0 radical (unpaired) electrons. The van der Waals surface area contributed by atoms with Crippen molar-refractivity contribution in [2.45, 2.75) is 20.8 Å². The van der Waals surface area contributed by atoms with E-state index in [1.165, 1.54) is 6.07 Å². The minimum Gasteiger partial charge on any atom is -0.477 e. The summed E-state index contributed by atoms with van der Waals surface area (Å²) in [4.78, 5) is 22.7. The lowest BCUT2D eigenvalue weighted by Gasteiger charge is -2.12. The number of carbonyl (C=O) groups excluding carboxylic acids is 1. The Hall–Kier alpha value is -2.16. The number of nitrogens with zero attached hydrogens (tertiary/aromatic N) is 1. The summed E-state index contributed by atoms with van der Waals surface area (Å²) >= 11 is 2.19. The summed E-state index contributed by atoms with van der Waals surface area (Å²) in [5.74, 6) is -0.242. The molecule has 0 aromatic heterocycles. The zero-order valence-corrected chi connectivity index (χ0v) is 15.7. The Morgan fingerprint density at radius 3 is 2.54 bits per heavy atom. The summed E-state index contributed by atoms with van der Waals surface area (Å²) in [6.07, 6.45) is 0. The minimum atomic E-state index is -0.503. The fourth-order valence-electron chi connectivity index (χ4n) is 2.35. The summed E-state index contributed by atoms with van der Waals surface area (Å²) in [5, 5.41) is 13.9. The summed E-state index contributed by atoms with van der Waals surface area (Å²) < 4.78 is 6.50. The van der Waals surface area contributed by atoms with Crippen molar-refractivity contribution in [3.8, 4) is 5.75 Å². The molecular weight excluding hydrogens is 423 g/mol. The highest BCUT2D eigenvalue weighted by atomic mass is 127. The molecule has 0 bridgehead atoms. The molecule has 0 aliphatic heterocycles. The molecule has 24 heavy (non-hydrogen) atoms. The molecule has 0 aliphatic rings. The van der Waals surface area contributed by atoms with E-state index < -0.39 is 4.92 Å². The van der Waals surface area contributed by atoms with Crippen molar-refractivity contribution in [3.63, 3.8) is 0 Å². The lowest BCUT2D eigenvalue weighted by molar-refractivity contribution is -0.385. The van der Waals surface area contributed by atoms with Crippen LogP contribution in [0.15, 0.2) is 30.3 Å². The van der Waals surface area contributed by atoms with E-state index in [2.05, 4.69) is 27.9 Å². The van der Waals surface area contributed by atoms with Crippen LogP contribution >= 0.6 is 22.6 Å². The van der Waals surface area contributed by atoms with E-state index in [9.17, 15) is 14.9 Å². The second kappa shape index (κ2) is 7.61. The Bertz CT molecular complexity index is 805. The van der Waals surface area contributed by atoms with Crippen LogP contribution in [0.1, 0.15) is 16.7 Å². The summed E-state index contributed by atoms with van der Waals surface area (Å²) in [6.45, 7) is 5.09. The maximum Gasteiger partial charge on any atom is 0.311 e. The average molecular weight is 440 g/mol. The predicted octanol–water partition coefficient (Wildman–Crippen LogP) is 4.14. The number of nitro groups is 1. The summed E-state index contributed by atoms with van der Waals surface area (Å²) in [6, 6.07) is 8.87. The van der Waals surface area contributed by atoms with Crippen molar-refractivity contribution in [3.05, 3.63) is 60.7 Å². The second-order valence-corrected chi connectivity index (χ2v) is 6.73. The number of hydrogen-bond acceptors (Lipinski definition) is 4. The SMILES string of the molecule is Cc1cc(C)c(OCC(=O)Nc2ccc(I)cc2C)c([N+](=O)[O-])c1. The molecule has 0 saturated heterocycles. The molecule has 0 saturated carbocycles. The van der Waals surface area contributed by atoms with E-state index in [4.69, 9.17) is 4.74 Å². The van der Waals surface area contributed by atoms with Gasteiger partial charge in [0.15, 0.2) is 6.61 Å². The third-order valence-electron chi connectivity index (χ3n) is 3.41. The monoisotopic (exact) mass is 440 g/mol. The van der Waals surface area contributed by atoms with Crippen molar-refractivity contribution in [1.82, 2.24) is 0 Å². The number of anilines is 1. The van der Waals surface area contributed by atoms with Crippen molar-refractivity contribution in [2.24, 2.45) is 0 Å². The molecule has 126 valence electrons. The molecule has 0 atom stereocenters. The highest BCUT2D eigenvalue weighted by Crippen LogP contribution is 2.32. The van der Waals surface area contributed by atoms with Crippen LogP contribution in [0.3, 0.4) is 0 Å². The quantitative estimate of drug-likeness (QED) is 0.431. The molecule has 0 aliphatic carbocycles. The van der Waals surface area contributed by atoms with Gasteiger partial charge in [-0.25, -0.2) is 0 Å². The number of rotatable bonds is 5. The van der Waals surface area contributed by atoms with Gasteiger partial charge in [-0.1, -0.05) is 6.07 Å². The summed E-state index contributed by atoms with van der Waals surface area (Å²) in [5.41, 5.74) is 2.89. The van der Waals surface area contributed by atoms with Crippen LogP contribution in [0.2, 0.25) is 0 Å². The molecule has 2 aromatic rings. The number of benzene rings is 2. The number of nitro benzene ring substituents is 1. The third-order valence-corrected chi connectivity index (χ3v) is 4.08. The second-order valence-electron chi connectivity index (χ2n) is 5.48. The fourth-order valence-corrected chi connectivity index (χ4v) is 2.99. The van der Waals surface area contributed by atoms with Gasteiger partial charge in [0, 0.05) is 15.3 Å². The Morgan fingerprint density at radius 2 is 1.92 bits per heavy atom. The Balaban J connectivity index is 2.10. The maximum absolute atomic E-state index is 12.1. The number of hydrogen-bond donors (Lipinski definition) is 1. The predicted molar refractivity (Wildman–Crippen MR) is 101 cm³/mol. The van der Waals surface area contributed by atoms with E-state index in [0.717, 1.165) is 14.7 Å². The Morgan fingerprint density at radius 1 is 1.21 bits per heavy atom. The third kappa shape index (κ3) is 4.44. The molecule has 7 heteroatoms. The van der Waals surface area contributed by atoms with Gasteiger partial charge < -0.3 is 10.1 Å². The number of amides is 1. The van der Waals surface area contributed by atoms with Crippen molar-refractivity contribution in [1.29, 1.82) is 0 Å². The molecule has 0 spiro atoms. The zero-order chi connectivity index (χ0) is 17.9. The van der Waals surface area contributed by atoms with Gasteiger partial charge in [0.2, 0.25) is 5.75 Å². The largest absolute Gasteiger partial charge is 0.477 e. The lowest BCUT2D eigenvalue weighted by atomic mass is 10.1. The van der Waals surface area contributed by atoms with Gasteiger partial charge in [0.1, 0.15) is 0 Å². The van der Waals surface area contributed by atoms with Crippen LogP contribution in [0.4, 0.5) is 11.4 Å². The topological polar surface area (TPSA) is 81.5 Å². The number of nitrogens with one attached hydrogen (secondary N) is 1. The van der Waals surface area contributed by atoms with Crippen molar-refractivity contribution < 1.29 is 14.5 Å². The standard InChI is InChI=1S/C17H17IN2O4/c1-10-6-12(3)17(15(7-10)20(22)23)24-9-16(21)19-14-5-4-13(18)8-11(14)2/h4-8H,9H2,1-3H3,(H,19,21). The van der Waals surface area contributed by atoms with Crippen LogP contribution in [-0.4, -0.2) is 17.4 Å². The van der Waals surface area contributed by atoms with Gasteiger partial charge in [-0.2, -0.15) is 0 Å². The van der Waals surface area contributed by atoms with Crippen molar-refractivity contribution in [2.75, 3.05) is 11.9 Å². The highest BCUT2D eigenvalue weighted by Gasteiger charge is 2.19. The Labute approximate surface area is 153 Å².